The van der Waals surface area contributed by atoms with Gasteiger partial charge >= 0.3 is 5.97 Å². The van der Waals surface area contributed by atoms with E-state index in [2.05, 4.69) is 5.32 Å². The zero-order chi connectivity index (χ0) is 14.1. The van der Waals surface area contributed by atoms with Gasteiger partial charge in [-0.1, -0.05) is 42.5 Å². The SMILES string of the molecule is O=C(CC/C=C/c1ccccc1)NC(CF)C(=O)O. The third-order valence-corrected chi connectivity index (χ3v) is 2.44. The number of nitrogens with one attached hydrogen (secondary N) is 1. The number of amides is 1. The Hall–Kier alpha value is -2.17. The van der Waals surface area contributed by atoms with Crippen molar-refractivity contribution in [3.8, 4) is 0 Å². The number of benzene rings is 1. The molecule has 1 amide bonds. The molecule has 1 atom stereocenters. The Labute approximate surface area is 110 Å². The summed E-state index contributed by atoms with van der Waals surface area (Å²) in [6.45, 7) is -1.11. The lowest BCUT2D eigenvalue weighted by Crippen LogP contribution is -2.42. The average molecular weight is 265 g/mol. The van der Waals surface area contributed by atoms with Gasteiger partial charge in [0.1, 0.15) is 6.67 Å². The molecule has 0 aliphatic rings. The predicted octanol–water partition coefficient (Wildman–Crippen LogP) is 2.02. The van der Waals surface area contributed by atoms with Crippen molar-refractivity contribution in [1.82, 2.24) is 5.32 Å². The molecule has 0 fully saturated rings. The summed E-state index contributed by atoms with van der Waals surface area (Å²) >= 11 is 0. The van der Waals surface area contributed by atoms with Gasteiger partial charge < -0.3 is 10.4 Å². The van der Waals surface area contributed by atoms with Crippen LogP contribution in [-0.2, 0) is 9.59 Å². The van der Waals surface area contributed by atoms with Crippen LogP contribution in [0.15, 0.2) is 36.4 Å². The molecule has 4 nitrogen and oxygen atoms in total. The molecule has 0 aliphatic carbocycles. The summed E-state index contributed by atoms with van der Waals surface area (Å²) in [4.78, 5) is 21.9. The Kier molecular flexibility index (Phi) is 6.29. The quantitative estimate of drug-likeness (QED) is 0.792. The molecular weight excluding hydrogens is 249 g/mol. The first-order valence-electron chi connectivity index (χ1n) is 5.93. The van der Waals surface area contributed by atoms with Crippen LogP contribution >= 0.6 is 0 Å². The Morgan fingerprint density at radius 1 is 1.32 bits per heavy atom. The molecule has 5 heteroatoms. The third kappa shape index (κ3) is 5.81. The third-order valence-electron chi connectivity index (χ3n) is 2.44. The lowest BCUT2D eigenvalue weighted by molar-refractivity contribution is -0.142. The smallest absolute Gasteiger partial charge is 0.328 e. The lowest BCUT2D eigenvalue weighted by atomic mass is 10.2. The summed E-state index contributed by atoms with van der Waals surface area (Å²) in [6, 6.07) is 8.13. The fraction of sp³-hybridized carbons (Fsp3) is 0.286. The van der Waals surface area contributed by atoms with Gasteiger partial charge in [0.15, 0.2) is 6.04 Å². The zero-order valence-corrected chi connectivity index (χ0v) is 10.4. The molecule has 0 aromatic heterocycles. The van der Waals surface area contributed by atoms with E-state index in [0.29, 0.717) is 6.42 Å². The molecule has 0 spiro atoms. The van der Waals surface area contributed by atoms with Crippen LogP contribution in [0, 0.1) is 0 Å². The van der Waals surface area contributed by atoms with Gasteiger partial charge in [-0.15, -0.1) is 0 Å². The normalized spacial score (nSPS) is 12.3. The molecule has 1 unspecified atom stereocenters. The molecule has 0 heterocycles. The number of alkyl halides is 1. The fourth-order valence-corrected chi connectivity index (χ4v) is 1.43. The minimum Gasteiger partial charge on any atom is -0.480 e. The second-order valence-electron chi connectivity index (χ2n) is 3.96. The van der Waals surface area contributed by atoms with Gasteiger partial charge in [0.2, 0.25) is 5.91 Å². The summed E-state index contributed by atoms with van der Waals surface area (Å²) in [5, 5.41) is 10.7. The largest absolute Gasteiger partial charge is 0.480 e. The van der Waals surface area contributed by atoms with Gasteiger partial charge in [-0.2, -0.15) is 0 Å². The van der Waals surface area contributed by atoms with Crippen LogP contribution in [0.4, 0.5) is 4.39 Å². The van der Waals surface area contributed by atoms with Gasteiger partial charge in [0.05, 0.1) is 0 Å². The maximum absolute atomic E-state index is 12.3. The average Bonchev–Trinajstić information content (AvgIpc) is 2.42. The van der Waals surface area contributed by atoms with Gasteiger partial charge in [0, 0.05) is 6.42 Å². The highest BCUT2D eigenvalue weighted by molar-refractivity contribution is 5.83. The summed E-state index contributed by atoms with van der Waals surface area (Å²) in [5.74, 6) is -1.83. The minimum absolute atomic E-state index is 0.132. The van der Waals surface area contributed by atoms with Crippen LogP contribution in [0.1, 0.15) is 18.4 Å². The molecule has 1 aromatic rings. The second-order valence-corrected chi connectivity index (χ2v) is 3.96. The van der Waals surface area contributed by atoms with E-state index in [-0.39, 0.29) is 6.42 Å². The van der Waals surface area contributed by atoms with Gasteiger partial charge in [-0.3, -0.25) is 4.79 Å². The first kappa shape index (κ1) is 14.9. The molecule has 0 saturated heterocycles. The Bertz CT molecular complexity index is 445. The number of hydrogen-bond donors (Lipinski definition) is 2. The van der Waals surface area contributed by atoms with Crippen LogP contribution in [0.5, 0.6) is 0 Å². The van der Waals surface area contributed by atoms with E-state index in [0.717, 1.165) is 5.56 Å². The van der Waals surface area contributed by atoms with Crippen LogP contribution in [-0.4, -0.2) is 29.7 Å². The molecule has 0 saturated carbocycles. The number of carbonyl (C=O) groups is 2. The Morgan fingerprint density at radius 3 is 2.58 bits per heavy atom. The van der Waals surface area contributed by atoms with Crippen molar-refractivity contribution in [1.29, 1.82) is 0 Å². The molecular formula is C14H16FNO3. The highest BCUT2D eigenvalue weighted by atomic mass is 19.1. The first-order valence-corrected chi connectivity index (χ1v) is 5.93. The molecule has 1 aromatic carbocycles. The van der Waals surface area contributed by atoms with Crippen molar-refractivity contribution in [2.45, 2.75) is 18.9 Å². The molecule has 2 N–H and O–H groups in total. The molecule has 1 rings (SSSR count). The maximum Gasteiger partial charge on any atom is 0.328 e. The standard InChI is InChI=1S/C14H16FNO3/c15-10-12(14(18)19)16-13(17)9-5-4-8-11-6-2-1-3-7-11/h1-4,6-8,12H,5,9-10H2,(H,16,17)(H,18,19)/b8-4+. The number of carbonyl (C=O) groups excluding carboxylic acids is 1. The monoisotopic (exact) mass is 265 g/mol. The number of carboxylic acids is 1. The van der Waals surface area contributed by atoms with Gasteiger partial charge in [-0.25, -0.2) is 9.18 Å². The first-order chi connectivity index (χ1) is 9.13. The molecule has 0 bridgehead atoms. The Morgan fingerprint density at radius 2 is 2.00 bits per heavy atom. The van der Waals surface area contributed by atoms with E-state index < -0.39 is 24.6 Å². The van der Waals surface area contributed by atoms with E-state index in [4.69, 9.17) is 5.11 Å². The second kappa shape index (κ2) is 8.02. The highest BCUT2D eigenvalue weighted by Gasteiger charge is 2.18. The maximum atomic E-state index is 12.3. The van der Waals surface area contributed by atoms with E-state index >= 15 is 0 Å². The summed E-state index contributed by atoms with van der Waals surface area (Å²) < 4.78 is 12.3. The number of aliphatic carboxylic acids is 1. The van der Waals surface area contributed by atoms with Crippen LogP contribution in [0.25, 0.3) is 6.08 Å². The lowest BCUT2D eigenvalue weighted by Gasteiger charge is -2.09. The van der Waals surface area contributed by atoms with Gasteiger partial charge in [-0.05, 0) is 12.0 Å². The minimum atomic E-state index is -1.45. The fourth-order valence-electron chi connectivity index (χ4n) is 1.43. The van der Waals surface area contributed by atoms with E-state index in [1.807, 2.05) is 42.5 Å². The van der Waals surface area contributed by atoms with Crippen molar-refractivity contribution in [3.05, 3.63) is 42.0 Å². The summed E-state index contributed by atoms with van der Waals surface area (Å²) in [5.41, 5.74) is 1.02. The Balaban J connectivity index is 2.31. The van der Waals surface area contributed by atoms with E-state index in [9.17, 15) is 14.0 Å². The topological polar surface area (TPSA) is 66.4 Å². The summed E-state index contributed by atoms with van der Waals surface area (Å²) in [6.07, 6.45) is 4.30. The highest BCUT2D eigenvalue weighted by Crippen LogP contribution is 2.03. The molecule has 0 aliphatic heterocycles. The molecule has 19 heavy (non-hydrogen) atoms. The molecule has 102 valence electrons. The van der Waals surface area contributed by atoms with E-state index in [1.165, 1.54) is 0 Å². The van der Waals surface area contributed by atoms with Crippen LogP contribution < -0.4 is 5.32 Å². The van der Waals surface area contributed by atoms with Crippen LogP contribution in [0.2, 0.25) is 0 Å². The van der Waals surface area contributed by atoms with Crippen molar-refractivity contribution in [2.24, 2.45) is 0 Å². The van der Waals surface area contributed by atoms with Crippen molar-refractivity contribution < 1.29 is 19.1 Å². The zero-order valence-electron chi connectivity index (χ0n) is 10.4. The predicted molar refractivity (Wildman–Crippen MR) is 70.3 cm³/mol. The van der Waals surface area contributed by atoms with Gasteiger partial charge in [0.25, 0.3) is 0 Å². The van der Waals surface area contributed by atoms with Crippen LogP contribution in [0.3, 0.4) is 0 Å². The number of rotatable bonds is 7. The molecule has 0 radical (unpaired) electrons. The van der Waals surface area contributed by atoms with Crippen molar-refractivity contribution >= 4 is 18.0 Å². The van der Waals surface area contributed by atoms with E-state index in [1.54, 1.807) is 0 Å². The summed E-state index contributed by atoms with van der Waals surface area (Å²) in [7, 11) is 0. The number of hydrogen-bond acceptors (Lipinski definition) is 2. The van der Waals surface area contributed by atoms with Crippen molar-refractivity contribution in [2.75, 3.05) is 6.67 Å². The number of halogens is 1. The van der Waals surface area contributed by atoms with Crippen molar-refractivity contribution in [3.63, 3.8) is 0 Å². The number of allylic oxidation sites excluding steroid dienone is 1. The number of carboxylic acid groups (broad SMARTS) is 1.